The summed E-state index contributed by atoms with van der Waals surface area (Å²) in [4.78, 5) is 16.4. The zero-order chi connectivity index (χ0) is 15.2. The van der Waals surface area contributed by atoms with Crippen LogP contribution in [0.25, 0.3) is 0 Å². The molecular formula is C13H20N6OS. The van der Waals surface area contributed by atoms with Gasteiger partial charge < -0.3 is 14.5 Å². The molecule has 2 heterocycles. The zero-order valence-electron chi connectivity index (χ0n) is 12.5. The summed E-state index contributed by atoms with van der Waals surface area (Å²) >= 11 is 1.37. The van der Waals surface area contributed by atoms with Gasteiger partial charge in [-0.05, 0) is 6.42 Å². The molecule has 2 aromatic rings. The van der Waals surface area contributed by atoms with Crippen LogP contribution in [-0.2, 0) is 18.9 Å². The van der Waals surface area contributed by atoms with Crippen molar-refractivity contribution in [3.63, 3.8) is 0 Å². The van der Waals surface area contributed by atoms with Crippen molar-refractivity contribution in [1.82, 2.24) is 29.6 Å². The van der Waals surface area contributed by atoms with Gasteiger partial charge in [0.05, 0.1) is 11.8 Å². The van der Waals surface area contributed by atoms with E-state index in [1.165, 1.54) is 11.8 Å². The molecule has 0 aromatic carbocycles. The van der Waals surface area contributed by atoms with E-state index in [-0.39, 0.29) is 11.9 Å². The largest absolute Gasteiger partial charge is 0.345 e. The summed E-state index contributed by atoms with van der Waals surface area (Å²) < 4.78 is 3.73. The second-order valence-electron chi connectivity index (χ2n) is 4.82. The Hall–Kier alpha value is -1.83. The zero-order valence-corrected chi connectivity index (χ0v) is 13.3. The first-order valence-corrected chi connectivity index (χ1v) is 7.83. The summed E-state index contributed by atoms with van der Waals surface area (Å²) in [5, 5.41) is 11.5. The molecule has 1 amide bonds. The highest BCUT2D eigenvalue weighted by Crippen LogP contribution is 2.18. The fraction of sp³-hybridized carbons (Fsp3) is 0.538. The number of thioether (sulfide) groups is 1. The number of hydrogen-bond acceptors (Lipinski definition) is 5. The first-order valence-electron chi connectivity index (χ1n) is 6.85. The maximum Gasteiger partial charge on any atom is 0.231 e. The molecule has 7 nitrogen and oxygen atoms in total. The third-order valence-electron chi connectivity index (χ3n) is 3.08. The van der Waals surface area contributed by atoms with Gasteiger partial charge in [-0.25, -0.2) is 4.98 Å². The highest BCUT2D eigenvalue weighted by molar-refractivity contribution is 7.99. The van der Waals surface area contributed by atoms with Gasteiger partial charge in [0.1, 0.15) is 12.2 Å². The van der Waals surface area contributed by atoms with Crippen molar-refractivity contribution >= 4 is 17.7 Å². The number of nitrogens with one attached hydrogen (secondary N) is 1. The average molecular weight is 308 g/mol. The molecule has 2 rings (SSSR count). The van der Waals surface area contributed by atoms with E-state index in [0.29, 0.717) is 5.75 Å². The SMILES string of the molecule is CCCC(NC(=O)CSc1nncn1C)c1nccn1C. The number of amides is 1. The summed E-state index contributed by atoms with van der Waals surface area (Å²) in [7, 11) is 3.79. The smallest absolute Gasteiger partial charge is 0.231 e. The standard InChI is InChI=1S/C13H20N6OS/c1-4-5-10(12-14-6-7-18(12)2)16-11(20)8-21-13-17-15-9-19(13)3/h6-7,9-10H,4-5,8H2,1-3H3,(H,16,20). The summed E-state index contributed by atoms with van der Waals surface area (Å²) in [6.07, 6.45) is 7.10. The number of nitrogens with zero attached hydrogens (tertiary/aromatic N) is 5. The molecule has 0 aliphatic carbocycles. The molecule has 114 valence electrons. The Bertz CT molecular complexity index is 593. The van der Waals surface area contributed by atoms with E-state index in [1.807, 2.05) is 24.9 Å². The van der Waals surface area contributed by atoms with Crippen LogP contribution in [0, 0.1) is 0 Å². The van der Waals surface area contributed by atoms with Gasteiger partial charge in [-0.2, -0.15) is 0 Å². The summed E-state index contributed by atoms with van der Waals surface area (Å²) in [6, 6.07) is -0.0532. The Morgan fingerprint density at radius 1 is 1.43 bits per heavy atom. The van der Waals surface area contributed by atoms with Crippen LogP contribution in [0.15, 0.2) is 23.9 Å². The average Bonchev–Trinajstić information content (AvgIpc) is 3.05. The minimum absolute atomic E-state index is 0.0237. The highest BCUT2D eigenvalue weighted by Gasteiger charge is 2.18. The summed E-state index contributed by atoms with van der Waals surface area (Å²) in [5.74, 6) is 1.18. The Labute approximate surface area is 128 Å². The minimum atomic E-state index is -0.0532. The molecule has 8 heteroatoms. The van der Waals surface area contributed by atoms with Crippen LogP contribution in [0.1, 0.15) is 31.6 Å². The fourth-order valence-corrected chi connectivity index (χ4v) is 2.74. The van der Waals surface area contributed by atoms with Crippen LogP contribution < -0.4 is 5.32 Å². The normalized spacial score (nSPS) is 12.3. The molecular weight excluding hydrogens is 288 g/mol. The molecule has 0 aliphatic heterocycles. The number of hydrogen-bond donors (Lipinski definition) is 1. The second-order valence-corrected chi connectivity index (χ2v) is 5.76. The van der Waals surface area contributed by atoms with Crippen molar-refractivity contribution in [3.05, 3.63) is 24.5 Å². The first kappa shape index (κ1) is 15.6. The van der Waals surface area contributed by atoms with Crippen molar-refractivity contribution in [2.24, 2.45) is 14.1 Å². The molecule has 21 heavy (non-hydrogen) atoms. The van der Waals surface area contributed by atoms with Crippen molar-refractivity contribution in [3.8, 4) is 0 Å². The lowest BCUT2D eigenvalue weighted by atomic mass is 10.1. The quantitative estimate of drug-likeness (QED) is 0.780. The third kappa shape index (κ3) is 4.07. The van der Waals surface area contributed by atoms with Gasteiger partial charge in [-0.1, -0.05) is 25.1 Å². The van der Waals surface area contributed by atoms with Crippen LogP contribution in [-0.4, -0.2) is 36.0 Å². The Kier molecular flexibility index (Phi) is 5.38. The van der Waals surface area contributed by atoms with Gasteiger partial charge in [0.25, 0.3) is 0 Å². The predicted octanol–water partition coefficient (Wildman–Crippen LogP) is 1.30. The molecule has 1 N–H and O–H groups in total. The maximum atomic E-state index is 12.1. The summed E-state index contributed by atoms with van der Waals surface area (Å²) in [5.41, 5.74) is 0. The number of aryl methyl sites for hydroxylation is 2. The van der Waals surface area contributed by atoms with E-state index in [4.69, 9.17) is 0 Å². The molecule has 1 atom stereocenters. The van der Waals surface area contributed by atoms with E-state index in [9.17, 15) is 4.79 Å². The molecule has 0 aliphatic rings. The van der Waals surface area contributed by atoms with Crippen molar-refractivity contribution in [1.29, 1.82) is 0 Å². The Morgan fingerprint density at radius 2 is 2.24 bits per heavy atom. The Morgan fingerprint density at radius 3 is 2.81 bits per heavy atom. The molecule has 0 radical (unpaired) electrons. The number of carbonyl (C=O) groups excluding carboxylic acids is 1. The van der Waals surface area contributed by atoms with Crippen LogP contribution in [0.3, 0.4) is 0 Å². The molecule has 1 unspecified atom stereocenters. The molecule has 0 fully saturated rings. The van der Waals surface area contributed by atoms with Crippen LogP contribution in [0.5, 0.6) is 0 Å². The number of aromatic nitrogens is 5. The van der Waals surface area contributed by atoms with Crippen LogP contribution in [0.4, 0.5) is 0 Å². The molecule has 0 spiro atoms. The molecule has 0 saturated carbocycles. The van der Waals surface area contributed by atoms with Gasteiger partial charge in [0.15, 0.2) is 5.16 Å². The lowest BCUT2D eigenvalue weighted by molar-refractivity contribution is -0.119. The van der Waals surface area contributed by atoms with E-state index in [1.54, 1.807) is 17.1 Å². The van der Waals surface area contributed by atoms with E-state index >= 15 is 0 Å². The second kappa shape index (κ2) is 7.26. The topological polar surface area (TPSA) is 77.6 Å². The lowest BCUT2D eigenvalue weighted by Crippen LogP contribution is -2.31. The maximum absolute atomic E-state index is 12.1. The molecule has 0 saturated heterocycles. The molecule has 0 bridgehead atoms. The van der Waals surface area contributed by atoms with Crippen molar-refractivity contribution in [2.75, 3.05) is 5.75 Å². The van der Waals surface area contributed by atoms with Gasteiger partial charge in [-0.15, -0.1) is 10.2 Å². The van der Waals surface area contributed by atoms with Gasteiger partial charge in [0, 0.05) is 26.5 Å². The summed E-state index contributed by atoms with van der Waals surface area (Å²) in [6.45, 7) is 2.09. The minimum Gasteiger partial charge on any atom is -0.345 e. The number of carbonyl (C=O) groups is 1. The number of imidazole rings is 1. The van der Waals surface area contributed by atoms with Crippen LogP contribution >= 0.6 is 11.8 Å². The van der Waals surface area contributed by atoms with Crippen molar-refractivity contribution < 1.29 is 4.79 Å². The third-order valence-corrected chi connectivity index (χ3v) is 4.12. The van der Waals surface area contributed by atoms with E-state index in [2.05, 4.69) is 27.4 Å². The Balaban J connectivity index is 1.93. The van der Waals surface area contributed by atoms with E-state index in [0.717, 1.165) is 23.8 Å². The van der Waals surface area contributed by atoms with Crippen LogP contribution in [0.2, 0.25) is 0 Å². The van der Waals surface area contributed by atoms with Gasteiger partial charge in [-0.3, -0.25) is 4.79 Å². The number of rotatable bonds is 7. The molecule has 2 aromatic heterocycles. The monoisotopic (exact) mass is 308 g/mol. The van der Waals surface area contributed by atoms with Crippen molar-refractivity contribution in [2.45, 2.75) is 31.0 Å². The fourth-order valence-electron chi connectivity index (χ4n) is 2.04. The first-order chi connectivity index (χ1) is 10.1. The predicted molar refractivity (Wildman–Crippen MR) is 80.7 cm³/mol. The highest BCUT2D eigenvalue weighted by atomic mass is 32.2. The lowest BCUT2D eigenvalue weighted by Gasteiger charge is -2.17. The van der Waals surface area contributed by atoms with Gasteiger partial charge >= 0.3 is 0 Å². The van der Waals surface area contributed by atoms with Gasteiger partial charge in [0.2, 0.25) is 5.91 Å². The van der Waals surface area contributed by atoms with E-state index < -0.39 is 0 Å².